The molecule has 0 amide bonds. The van der Waals surface area contributed by atoms with Crippen molar-refractivity contribution in [2.45, 2.75) is 18.2 Å². The van der Waals surface area contributed by atoms with E-state index in [4.69, 9.17) is 5.26 Å². The fourth-order valence-corrected chi connectivity index (χ4v) is 3.31. The van der Waals surface area contributed by atoms with Gasteiger partial charge in [-0.3, -0.25) is 0 Å². The van der Waals surface area contributed by atoms with Gasteiger partial charge in [-0.15, -0.1) is 0 Å². The minimum atomic E-state index is 0.681. The molecule has 3 rings (SSSR count). The Morgan fingerprint density at radius 3 is 3.10 bits per heavy atom. The van der Waals surface area contributed by atoms with Crippen molar-refractivity contribution in [3.63, 3.8) is 0 Å². The molecule has 0 unspecified atom stereocenters. The number of nitrogens with one attached hydrogen (secondary N) is 2. The van der Waals surface area contributed by atoms with Gasteiger partial charge < -0.3 is 9.71 Å². The van der Waals surface area contributed by atoms with Crippen LogP contribution >= 0.6 is 23.5 Å². The number of fused-ring (bicyclic) bond motifs is 1. The molecule has 0 spiro atoms. The van der Waals surface area contributed by atoms with Crippen LogP contribution in [0.5, 0.6) is 0 Å². The van der Waals surface area contributed by atoms with E-state index >= 15 is 0 Å². The molecule has 20 heavy (non-hydrogen) atoms. The predicted octanol–water partition coefficient (Wildman–Crippen LogP) is 4.18. The molecule has 2 heterocycles. The topological polar surface area (TPSA) is 64.5 Å². The van der Waals surface area contributed by atoms with Crippen LogP contribution in [-0.2, 0) is 6.42 Å². The van der Waals surface area contributed by atoms with Gasteiger partial charge in [-0.05, 0) is 47.6 Å². The molecular weight excluding hydrogens is 288 g/mol. The molecule has 0 atom stereocenters. The van der Waals surface area contributed by atoms with E-state index in [1.807, 2.05) is 11.6 Å². The largest absolute Gasteiger partial charge is 0.358 e. The van der Waals surface area contributed by atoms with Crippen LogP contribution in [0.25, 0.3) is 10.9 Å². The molecule has 3 aromatic rings. The molecule has 0 radical (unpaired) electrons. The van der Waals surface area contributed by atoms with Gasteiger partial charge in [-0.2, -0.15) is 9.64 Å². The predicted molar refractivity (Wildman–Crippen MR) is 84.0 cm³/mol. The Kier molecular flexibility index (Phi) is 3.63. The molecule has 2 N–H and O–H groups in total. The summed E-state index contributed by atoms with van der Waals surface area (Å²) in [6.45, 7) is 2.11. The molecule has 6 heteroatoms. The van der Waals surface area contributed by atoms with Crippen LogP contribution < -0.4 is 4.72 Å². The molecule has 1 aromatic carbocycles. The molecule has 0 bridgehead atoms. The van der Waals surface area contributed by atoms with Crippen LogP contribution in [0.2, 0.25) is 0 Å². The zero-order valence-corrected chi connectivity index (χ0v) is 12.4. The van der Waals surface area contributed by atoms with Crippen molar-refractivity contribution in [2.24, 2.45) is 0 Å². The summed E-state index contributed by atoms with van der Waals surface area (Å²) < 4.78 is 7.42. The maximum Gasteiger partial charge on any atom is 0.101 e. The number of nitriles is 1. The van der Waals surface area contributed by atoms with Crippen LogP contribution in [0.1, 0.15) is 18.1 Å². The van der Waals surface area contributed by atoms with Gasteiger partial charge in [0.1, 0.15) is 6.07 Å². The third kappa shape index (κ3) is 2.38. The second-order valence-electron chi connectivity index (χ2n) is 4.30. The van der Waals surface area contributed by atoms with Crippen LogP contribution in [0, 0.1) is 11.3 Å². The van der Waals surface area contributed by atoms with Gasteiger partial charge >= 0.3 is 0 Å². The number of H-pyrrole nitrogens is 1. The number of aromatic amines is 1. The number of aryl methyl sites for hydroxylation is 1. The molecule has 100 valence electrons. The van der Waals surface area contributed by atoms with E-state index < -0.39 is 0 Å². The Labute approximate surface area is 125 Å². The normalized spacial score (nSPS) is 10.6. The lowest BCUT2D eigenvalue weighted by Crippen LogP contribution is -1.90. The van der Waals surface area contributed by atoms with Crippen molar-refractivity contribution in [3.8, 4) is 6.07 Å². The van der Waals surface area contributed by atoms with Crippen LogP contribution in [0.4, 0.5) is 5.69 Å². The van der Waals surface area contributed by atoms with Crippen molar-refractivity contribution in [3.05, 3.63) is 41.0 Å². The summed E-state index contributed by atoms with van der Waals surface area (Å²) in [4.78, 5) is 4.26. The van der Waals surface area contributed by atoms with Gasteiger partial charge in [0.25, 0.3) is 0 Å². The number of rotatable bonds is 4. The first-order chi connectivity index (χ1) is 9.81. The van der Waals surface area contributed by atoms with Crippen LogP contribution in [0.3, 0.4) is 0 Å². The van der Waals surface area contributed by atoms with E-state index in [2.05, 4.69) is 39.2 Å². The van der Waals surface area contributed by atoms with Crippen LogP contribution in [-0.4, -0.2) is 9.36 Å². The molecule has 0 saturated carbocycles. The van der Waals surface area contributed by atoms with Gasteiger partial charge in [0.2, 0.25) is 0 Å². The Balaban J connectivity index is 2.00. The Bertz CT molecular complexity index is 768. The zero-order valence-electron chi connectivity index (χ0n) is 10.8. The number of nitrogens with zero attached hydrogens (tertiary/aromatic N) is 2. The number of benzene rings is 1. The Morgan fingerprint density at radius 2 is 2.40 bits per heavy atom. The van der Waals surface area contributed by atoms with Gasteiger partial charge in [-0.1, -0.05) is 6.92 Å². The van der Waals surface area contributed by atoms with E-state index in [1.165, 1.54) is 29.0 Å². The highest BCUT2D eigenvalue weighted by Crippen LogP contribution is 2.31. The molecule has 0 saturated heterocycles. The summed E-state index contributed by atoms with van der Waals surface area (Å²) in [5.74, 6) is 0. The van der Waals surface area contributed by atoms with Gasteiger partial charge in [-0.25, -0.2) is 0 Å². The number of hydrogen-bond donors (Lipinski definition) is 2. The smallest absolute Gasteiger partial charge is 0.101 e. The molecular formula is C14H12N4S2. The van der Waals surface area contributed by atoms with Crippen molar-refractivity contribution < 1.29 is 0 Å². The fraction of sp³-hybridized carbons (Fsp3) is 0.143. The highest BCUT2D eigenvalue weighted by Gasteiger charge is 2.10. The maximum absolute atomic E-state index is 9.16. The lowest BCUT2D eigenvalue weighted by Gasteiger charge is -2.08. The van der Waals surface area contributed by atoms with E-state index in [1.54, 1.807) is 6.20 Å². The quantitative estimate of drug-likeness (QED) is 0.709. The molecule has 0 fully saturated rings. The highest BCUT2D eigenvalue weighted by molar-refractivity contribution is 8.00. The van der Waals surface area contributed by atoms with Gasteiger partial charge in [0.15, 0.2) is 0 Å². The number of hydrogen-bond acceptors (Lipinski definition) is 5. The first-order valence-electron chi connectivity index (χ1n) is 6.18. The SMILES string of the molecule is CCc1cc(NSc2cnsc2)c2[nH]cc(C#N)c2c1. The summed E-state index contributed by atoms with van der Waals surface area (Å²) in [5, 5.41) is 12.1. The summed E-state index contributed by atoms with van der Waals surface area (Å²) >= 11 is 2.96. The standard InChI is InChI=1S/C14H12N4S2/c1-2-9-3-12-10(5-15)6-16-14(12)13(4-9)18-20-11-7-17-19-8-11/h3-4,6-8,16,18H,2H2,1H3. The Morgan fingerprint density at radius 1 is 1.50 bits per heavy atom. The third-order valence-corrected chi connectivity index (χ3v) is 4.58. The minimum absolute atomic E-state index is 0.681. The minimum Gasteiger partial charge on any atom is -0.358 e. The summed E-state index contributed by atoms with van der Waals surface area (Å²) in [6, 6.07) is 6.42. The van der Waals surface area contributed by atoms with E-state index in [0.29, 0.717) is 5.56 Å². The van der Waals surface area contributed by atoms with Crippen molar-refractivity contribution in [1.82, 2.24) is 9.36 Å². The van der Waals surface area contributed by atoms with E-state index in [9.17, 15) is 0 Å². The van der Waals surface area contributed by atoms with Crippen molar-refractivity contribution in [1.29, 1.82) is 5.26 Å². The molecule has 2 aromatic heterocycles. The number of anilines is 1. The van der Waals surface area contributed by atoms with Crippen molar-refractivity contribution >= 4 is 40.1 Å². The molecule has 0 aliphatic carbocycles. The summed E-state index contributed by atoms with van der Waals surface area (Å²) in [7, 11) is 0. The molecule has 4 nitrogen and oxygen atoms in total. The monoisotopic (exact) mass is 300 g/mol. The average molecular weight is 300 g/mol. The van der Waals surface area contributed by atoms with Gasteiger partial charge in [0.05, 0.1) is 27.9 Å². The third-order valence-electron chi connectivity index (χ3n) is 3.07. The lowest BCUT2D eigenvalue weighted by atomic mass is 10.1. The van der Waals surface area contributed by atoms with E-state index in [0.717, 1.165) is 27.9 Å². The van der Waals surface area contributed by atoms with Gasteiger partial charge in [0, 0.05) is 17.0 Å². The first-order valence-corrected chi connectivity index (χ1v) is 7.83. The lowest BCUT2D eigenvalue weighted by molar-refractivity contribution is 1.15. The van der Waals surface area contributed by atoms with Crippen LogP contribution in [0.15, 0.2) is 34.8 Å². The highest BCUT2D eigenvalue weighted by atomic mass is 32.2. The average Bonchev–Trinajstić information content (AvgIpc) is 3.13. The molecule has 0 aliphatic heterocycles. The fourth-order valence-electron chi connectivity index (χ4n) is 2.03. The second kappa shape index (κ2) is 5.57. The number of aromatic nitrogens is 2. The zero-order chi connectivity index (χ0) is 13.9. The first kappa shape index (κ1) is 13.0. The summed E-state index contributed by atoms with van der Waals surface area (Å²) in [6.07, 6.45) is 4.52. The maximum atomic E-state index is 9.16. The second-order valence-corrected chi connectivity index (χ2v) is 5.83. The van der Waals surface area contributed by atoms with Crippen molar-refractivity contribution in [2.75, 3.05) is 4.72 Å². The molecule has 0 aliphatic rings. The summed E-state index contributed by atoms with van der Waals surface area (Å²) in [5.41, 5.74) is 3.85. The van der Waals surface area contributed by atoms with E-state index in [-0.39, 0.29) is 0 Å². The Hall–Kier alpha value is -1.97.